The van der Waals surface area contributed by atoms with Crippen molar-refractivity contribution < 1.29 is 22.4 Å². The lowest BCUT2D eigenvalue weighted by atomic mass is 10.1. The fourth-order valence-electron chi connectivity index (χ4n) is 5.07. The van der Waals surface area contributed by atoms with E-state index in [1.807, 2.05) is 11.8 Å². The zero-order valence-electron chi connectivity index (χ0n) is 21.6. The Morgan fingerprint density at radius 3 is 2.58 bits per heavy atom. The van der Waals surface area contributed by atoms with Gasteiger partial charge in [0.15, 0.2) is 5.15 Å². The van der Waals surface area contributed by atoms with E-state index in [0.717, 1.165) is 16.6 Å². The molecule has 3 aromatic heterocycles. The Bertz CT molecular complexity index is 1470. The molecule has 1 unspecified atom stereocenters. The van der Waals surface area contributed by atoms with Crippen molar-refractivity contribution in [2.75, 3.05) is 54.4 Å². The maximum atomic E-state index is 14.1. The van der Waals surface area contributed by atoms with Gasteiger partial charge in [0.2, 0.25) is 17.6 Å². The minimum atomic E-state index is -4.69. The molecule has 0 radical (unpaired) electrons. The highest BCUT2D eigenvalue weighted by atomic mass is 35.5. The molecule has 2 aliphatic heterocycles. The van der Waals surface area contributed by atoms with E-state index in [9.17, 15) is 27.2 Å². The number of hydrogen-bond acceptors (Lipinski definition) is 8. The molecule has 3 aromatic rings. The Morgan fingerprint density at radius 2 is 1.93 bits per heavy atom. The third-order valence-corrected chi connectivity index (χ3v) is 7.23. The van der Waals surface area contributed by atoms with Gasteiger partial charge in [-0.1, -0.05) is 18.5 Å². The molecule has 1 atom stereocenters. The number of nitrogens with zero attached hydrogens (tertiary/aromatic N) is 7. The van der Waals surface area contributed by atoms with Crippen LogP contribution in [0, 0.1) is 0 Å². The molecular formula is C24H28ClF4N9O2. The summed E-state index contributed by atoms with van der Waals surface area (Å²) in [6.45, 7) is 4.56. The van der Waals surface area contributed by atoms with Crippen LogP contribution in [-0.2, 0) is 23.9 Å². The first-order chi connectivity index (χ1) is 19.1. The van der Waals surface area contributed by atoms with Gasteiger partial charge >= 0.3 is 6.18 Å². The lowest BCUT2D eigenvalue weighted by molar-refractivity contribution is -0.141. The number of piperidine rings is 1. The number of rotatable bonds is 6. The van der Waals surface area contributed by atoms with Crippen molar-refractivity contribution in [2.45, 2.75) is 45.1 Å². The standard InChI is InChI=1S/C24H28ClF4N9O2/c1-2-16-19(35-10-7-30-8-11-35)21(40)38-23(33-22(34-38)36-9-3-4-14(26)12-36)37(16)13-18(39)31-15-5-6-17(24(27,28)29)32-20(15)25/h5-6,14,30H,2-4,7-13H2,1H3,(H,31,39). The van der Waals surface area contributed by atoms with Gasteiger partial charge in [0.25, 0.3) is 5.56 Å². The number of amides is 1. The maximum Gasteiger partial charge on any atom is 0.433 e. The average Bonchev–Trinajstić information content (AvgIpc) is 3.37. The van der Waals surface area contributed by atoms with Crippen LogP contribution >= 0.6 is 11.6 Å². The van der Waals surface area contributed by atoms with Gasteiger partial charge in [-0.2, -0.15) is 22.7 Å². The van der Waals surface area contributed by atoms with Crippen LogP contribution in [-0.4, -0.2) is 75.5 Å². The number of anilines is 3. The Morgan fingerprint density at radius 1 is 1.18 bits per heavy atom. The second-order valence-electron chi connectivity index (χ2n) is 9.67. The summed E-state index contributed by atoms with van der Waals surface area (Å²) in [5, 5.41) is 9.65. The zero-order chi connectivity index (χ0) is 28.6. The van der Waals surface area contributed by atoms with Gasteiger partial charge in [0, 0.05) is 32.7 Å². The topological polar surface area (TPSA) is 113 Å². The summed E-state index contributed by atoms with van der Waals surface area (Å²) in [6, 6.07) is 1.75. The van der Waals surface area contributed by atoms with Gasteiger partial charge in [-0.3, -0.25) is 9.59 Å². The van der Waals surface area contributed by atoms with Crippen molar-refractivity contribution in [3.8, 4) is 0 Å². The first kappa shape index (κ1) is 28.1. The Kier molecular flexibility index (Phi) is 7.86. The summed E-state index contributed by atoms with van der Waals surface area (Å²) in [5.41, 5.74) is -0.741. The number of aromatic nitrogens is 5. The number of carbonyl (C=O) groups excluding carboxylic acids is 1. The van der Waals surface area contributed by atoms with Crippen LogP contribution in [0.25, 0.3) is 5.78 Å². The second-order valence-corrected chi connectivity index (χ2v) is 10.0. The molecule has 2 aliphatic rings. The van der Waals surface area contributed by atoms with Gasteiger partial charge < -0.3 is 25.0 Å². The van der Waals surface area contributed by atoms with Crippen molar-refractivity contribution in [1.82, 2.24) is 29.5 Å². The molecule has 2 fully saturated rings. The molecule has 0 aromatic carbocycles. The van der Waals surface area contributed by atoms with Crippen LogP contribution in [0.15, 0.2) is 16.9 Å². The fraction of sp³-hybridized carbons (Fsp3) is 0.542. The Hall–Kier alpha value is -3.46. The van der Waals surface area contributed by atoms with Crippen molar-refractivity contribution in [3.05, 3.63) is 39.0 Å². The minimum absolute atomic E-state index is 0.0935. The molecule has 16 heteroatoms. The van der Waals surface area contributed by atoms with Gasteiger partial charge in [0.1, 0.15) is 24.1 Å². The summed E-state index contributed by atoms with van der Waals surface area (Å²) in [6.07, 6.45) is -4.32. The smallest absolute Gasteiger partial charge is 0.363 e. The van der Waals surface area contributed by atoms with Crippen LogP contribution in [0.5, 0.6) is 0 Å². The predicted molar refractivity (Wildman–Crippen MR) is 141 cm³/mol. The van der Waals surface area contributed by atoms with Gasteiger partial charge in [-0.25, -0.2) is 9.37 Å². The number of nitrogens with one attached hydrogen (secondary N) is 2. The van der Waals surface area contributed by atoms with E-state index in [1.165, 1.54) is 0 Å². The van der Waals surface area contributed by atoms with Gasteiger partial charge in [0.05, 0.1) is 17.9 Å². The van der Waals surface area contributed by atoms with Gasteiger partial charge in [-0.15, -0.1) is 5.10 Å². The lowest BCUT2D eigenvalue weighted by Gasteiger charge is -2.31. The average molecular weight is 586 g/mol. The molecule has 0 spiro atoms. The van der Waals surface area contributed by atoms with Crippen molar-refractivity contribution in [2.24, 2.45) is 0 Å². The molecule has 5 heterocycles. The van der Waals surface area contributed by atoms with Crippen LogP contribution < -0.4 is 26.0 Å². The molecule has 1 amide bonds. The van der Waals surface area contributed by atoms with Crippen LogP contribution in [0.4, 0.5) is 34.9 Å². The maximum absolute atomic E-state index is 14.1. The first-order valence-corrected chi connectivity index (χ1v) is 13.3. The van der Waals surface area contributed by atoms with Crippen molar-refractivity contribution >= 4 is 40.6 Å². The largest absolute Gasteiger partial charge is 0.433 e. The summed E-state index contributed by atoms with van der Waals surface area (Å²) in [4.78, 5) is 38.4. The molecule has 0 bridgehead atoms. The molecule has 2 saturated heterocycles. The fourth-order valence-corrected chi connectivity index (χ4v) is 5.27. The highest BCUT2D eigenvalue weighted by Crippen LogP contribution is 2.31. The molecule has 0 saturated carbocycles. The van der Waals surface area contributed by atoms with E-state index in [4.69, 9.17) is 11.6 Å². The number of pyridine rings is 1. The van der Waals surface area contributed by atoms with E-state index in [0.29, 0.717) is 63.4 Å². The summed E-state index contributed by atoms with van der Waals surface area (Å²) < 4.78 is 55.8. The van der Waals surface area contributed by atoms with E-state index in [-0.39, 0.29) is 30.5 Å². The van der Waals surface area contributed by atoms with Gasteiger partial charge in [-0.05, 0) is 31.4 Å². The molecule has 11 nitrogen and oxygen atoms in total. The number of fused-ring (bicyclic) bond motifs is 1. The summed E-state index contributed by atoms with van der Waals surface area (Å²) in [5.74, 6) is -0.340. The quantitative estimate of drug-likeness (QED) is 0.335. The molecule has 2 N–H and O–H groups in total. The third kappa shape index (κ3) is 5.57. The van der Waals surface area contributed by atoms with E-state index in [2.05, 4.69) is 25.7 Å². The van der Waals surface area contributed by atoms with E-state index >= 15 is 0 Å². The second kappa shape index (κ2) is 11.2. The molecule has 0 aliphatic carbocycles. The van der Waals surface area contributed by atoms with Crippen molar-refractivity contribution in [1.29, 1.82) is 0 Å². The number of hydrogen-bond donors (Lipinski definition) is 2. The van der Waals surface area contributed by atoms with E-state index < -0.39 is 34.7 Å². The highest BCUT2D eigenvalue weighted by Gasteiger charge is 2.33. The predicted octanol–water partition coefficient (Wildman–Crippen LogP) is 2.51. The minimum Gasteiger partial charge on any atom is -0.363 e. The third-order valence-electron chi connectivity index (χ3n) is 6.94. The Labute approximate surface area is 231 Å². The number of halogens is 5. The molecule has 40 heavy (non-hydrogen) atoms. The molecule has 5 rings (SSSR count). The summed E-state index contributed by atoms with van der Waals surface area (Å²) >= 11 is 5.94. The van der Waals surface area contributed by atoms with Crippen LogP contribution in [0.1, 0.15) is 31.2 Å². The lowest BCUT2D eigenvalue weighted by Crippen LogP contribution is -2.47. The monoisotopic (exact) mass is 585 g/mol. The van der Waals surface area contributed by atoms with Crippen LogP contribution in [0.3, 0.4) is 0 Å². The zero-order valence-corrected chi connectivity index (χ0v) is 22.4. The Balaban J connectivity index is 1.55. The number of alkyl halides is 4. The molecule has 216 valence electrons. The summed E-state index contributed by atoms with van der Waals surface area (Å²) in [7, 11) is 0. The highest BCUT2D eigenvalue weighted by molar-refractivity contribution is 6.32. The molecular weight excluding hydrogens is 558 g/mol. The first-order valence-electron chi connectivity index (χ1n) is 13.0. The van der Waals surface area contributed by atoms with Crippen molar-refractivity contribution in [3.63, 3.8) is 0 Å². The normalized spacial score (nSPS) is 18.4. The number of carbonyl (C=O) groups is 1. The SMILES string of the molecule is CCc1c(N2CCNCC2)c(=O)n2nc(N3CCCC(F)C3)nc2n1CC(=O)Nc1ccc(C(F)(F)F)nc1Cl. The number of piperazine rings is 1. The van der Waals surface area contributed by atoms with E-state index in [1.54, 1.807) is 9.47 Å². The van der Waals surface area contributed by atoms with Crippen LogP contribution in [0.2, 0.25) is 5.15 Å².